The van der Waals surface area contributed by atoms with Crippen molar-refractivity contribution in [1.29, 1.82) is 0 Å². The molecule has 2 aromatic rings. The lowest BCUT2D eigenvalue weighted by molar-refractivity contribution is -0.117. The number of carbonyl (C=O) groups is 1. The van der Waals surface area contributed by atoms with Gasteiger partial charge in [-0.15, -0.1) is 0 Å². The zero-order valence-corrected chi connectivity index (χ0v) is 14.6. The monoisotopic (exact) mass is 373 g/mol. The highest BCUT2D eigenvalue weighted by Crippen LogP contribution is 2.25. The van der Waals surface area contributed by atoms with Crippen LogP contribution in [0.1, 0.15) is 30.5 Å². The lowest BCUT2D eigenvalue weighted by atomic mass is 10.0. The van der Waals surface area contributed by atoms with Gasteiger partial charge in [0.1, 0.15) is 6.04 Å². The Labute approximate surface area is 144 Å². The molecule has 3 rings (SSSR count). The Morgan fingerprint density at radius 2 is 1.91 bits per heavy atom. The first kappa shape index (κ1) is 16.2. The molecule has 0 radical (unpaired) electrons. The lowest BCUT2D eigenvalue weighted by Gasteiger charge is -2.13. The van der Waals surface area contributed by atoms with Crippen LogP contribution in [0.5, 0.6) is 0 Å². The van der Waals surface area contributed by atoms with E-state index in [0.29, 0.717) is 0 Å². The number of aryl methyl sites for hydroxylation is 1. The van der Waals surface area contributed by atoms with Crippen LogP contribution in [-0.2, 0) is 11.2 Å². The summed E-state index contributed by atoms with van der Waals surface area (Å²) in [5, 5.41) is 3.04. The van der Waals surface area contributed by atoms with E-state index >= 15 is 0 Å². The number of benzene rings is 2. The summed E-state index contributed by atoms with van der Waals surface area (Å²) in [7, 11) is 0. The van der Waals surface area contributed by atoms with Crippen molar-refractivity contribution >= 4 is 27.5 Å². The fraction of sp³-hybridized carbons (Fsp3) is 0.278. The number of hydrazine groups is 1. The molecule has 1 aliphatic heterocycles. The van der Waals surface area contributed by atoms with Crippen LogP contribution in [0, 0.1) is 0 Å². The van der Waals surface area contributed by atoms with Gasteiger partial charge in [-0.25, -0.2) is 10.9 Å². The molecule has 120 valence electrons. The number of para-hydroxylation sites is 1. The summed E-state index contributed by atoms with van der Waals surface area (Å²) in [6.07, 6.45) is 1.62. The summed E-state index contributed by atoms with van der Waals surface area (Å²) in [6, 6.07) is 16.0. The van der Waals surface area contributed by atoms with Crippen molar-refractivity contribution in [3.05, 3.63) is 64.1 Å². The van der Waals surface area contributed by atoms with Gasteiger partial charge < -0.3 is 5.32 Å². The van der Waals surface area contributed by atoms with Crippen LogP contribution in [0.4, 0.5) is 5.69 Å². The number of halogens is 1. The first-order valence-electron chi connectivity index (χ1n) is 7.82. The molecule has 5 heteroatoms. The van der Waals surface area contributed by atoms with E-state index in [1.165, 1.54) is 5.56 Å². The Morgan fingerprint density at radius 1 is 1.17 bits per heavy atom. The fourth-order valence-corrected chi connectivity index (χ4v) is 3.08. The SMILES string of the molecule is CCc1ccccc1NC(=O)C1CC(c2ccc(Br)cc2)NN1. The second kappa shape index (κ2) is 7.25. The fourth-order valence-electron chi connectivity index (χ4n) is 2.81. The molecule has 0 aromatic heterocycles. The van der Waals surface area contributed by atoms with Gasteiger partial charge in [0.05, 0.1) is 0 Å². The molecule has 1 heterocycles. The summed E-state index contributed by atoms with van der Waals surface area (Å²) in [5.74, 6) is -0.00184. The Hall–Kier alpha value is -1.69. The van der Waals surface area contributed by atoms with E-state index in [0.717, 1.165) is 28.6 Å². The summed E-state index contributed by atoms with van der Waals surface area (Å²) in [4.78, 5) is 12.5. The van der Waals surface area contributed by atoms with E-state index in [1.807, 2.05) is 36.4 Å². The Bertz CT molecular complexity index is 687. The molecule has 1 amide bonds. The highest BCUT2D eigenvalue weighted by molar-refractivity contribution is 9.10. The second-order valence-corrected chi connectivity index (χ2v) is 6.60. The molecule has 2 atom stereocenters. The molecule has 1 saturated heterocycles. The number of amides is 1. The van der Waals surface area contributed by atoms with Crippen molar-refractivity contribution < 1.29 is 4.79 Å². The van der Waals surface area contributed by atoms with E-state index in [-0.39, 0.29) is 18.0 Å². The predicted molar refractivity (Wildman–Crippen MR) is 96.0 cm³/mol. The average Bonchev–Trinajstić information content (AvgIpc) is 3.06. The zero-order chi connectivity index (χ0) is 16.2. The summed E-state index contributed by atoms with van der Waals surface area (Å²) in [5.41, 5.74) is 9.53. The molecule has 4 nitrogen and oxygen atoms in total. The van der Waals surface area contributed by atoms with Crippen molar-refractivity contribution in [2.75, 3.05) is 5.32 Å². The Morgan fingerprint density at radius 3 is 2.65 bits per heavy atom. The van der Waals surface area contributed by atoms with Gasteiger partial charge in [-0.2, -0.15) is 0 Å². The maximum Gasteiger partial charge on any atom is 0.242 e. The van der Waals surface area contributed by atoms with Crippen molar-refractivity contribution in [3.8, 4) is 0 Å². The molecular weight excluding hydrogens is 354 g/mol. The van der Waals surface area contributed by atoms with Gasteiger partial charge in [-0.05, 0) is 42.2 Å². The Balaban J connectivity index is 1.64. The smallest absolute Gasteiger partial charge is 0.242 e. The quantitative estimate of drug-likeness (QED) is 0.767. The number of anilines is 1. The van der Waals surface area contributed by atoms with Crippen LogP contribution < -0.4 is 16.2 Å². The summed E-state index contributed by atoms with van der Waals surface area (Å²) < 4.78 is 1.05. The number of hydrogen-bond acceptors (Lipinski definition) is 3. The van der Waals surface area contributed by atoms with E-state index in [1.54, 1.807) is 0 Å². The molecule has 23 heavy (non-hydrogen) atoms. The van der Waals surface area contributed by atoms with Crippen molar-refractivity contribution in [3.63, 3.8) is 0 Å². The minimum Gasteiger partial charge on any atom is -0.324 e. The average molecular weight is 374 g/mol. The van der Waals surface area contributed by atoms with Gasteiger partial charge in [-0.3, -0.25) is 4.79 Å². The first-order valence-corrected chi connectivity index (χ1v) is 8.62. The van der Waals surface area contributed by atoms with Gasteiger partial charge in [0, 0.05) is 16.2 Å². The van der Waals surface area contributed by atoms with E-state index < -0.39 is 0 Å². The molecule has 0 aliphatic carbocycles. The highest BCUT2D eigenvalue weighted by Gasteiger charge is 2.30. The molecule has 2 unspecified atom stereocenters. The van der Waals surface area contributed by atoms with E-state index in [9.17, 15) is 4.79 Å². The van der Waals surface area contributed by atoms with E-state index in [4.69, 9.17) is 0 Å². The second-order valence-electron chi connectivity index (χ2n) is 5.68. The van der Waals surface area contributed by atoms with Crippen LogP contribution in [0.25, 0.3) is 0 Å². The molecular formula is C18H20BrN3O. The van der Waals surface area contributed by atoms with Gasteiger partial charge >= 0.3 is 0 Å². The third kappa shape index (κ3) is 3.80. The van der Waals surface area contributed by atoms with Crippen LogP contribution in [0.15, 0.2) is 53.0 Å². The third-order valence-electron chi connectivity index (χ3n) is 4.15. The molecule has 0 bridgehead atoms. The van der Waals surface area contributed by atoms with Crippen molar-refractivity contribution in [2.24, 2.45) is 0 Å². The zero-order valence-electron chi connectivity index (χ0n) is 13.0. The maximum absolute atomic E-state index is 12.5. The minimum atomic E-state index is -0.242. The van der Waals surface area contributed by atoms with Gasteiger partial charge in [0.25, 0.3) is 0 Å². The standard InChI is InChI=1S/C18H20BrN3O/c1-2-12-5-3-4-6-15(12)20-18(23)17-11-16(21-22-17)13-7-9-14(19)10-8-13/h3-10,16-17,21-22H,2,11H2,1H3,(H,20,23). The van der Waals surface area contributed by atoms with Crippen LogP contribution >= 0.6 is 15.9 Å². The number of rotatable bonds is 4. The molecule has 0 spiro atoms. The predicted octanol–water partition coefficient (Wildman–Crippen LogP) is 3.56. The van der Waals surface area contributed by atoms with Crippen LogP contribution in [0.2, 0.25) is 0 Å². The highest BCUT2D eigenvalue weighted by atomic mass is 79.9. The summed E-state index contributed by atoms with van der Waals surface area (Å²) in [6.45, 7) is 2.09. The van der Waals surface area contributed by atoms with Gasteiger partial charge in [0.2, 0.25) is 5.91 Å². The Kier molecular flexibility index (Phi) is 5.10. The van der Waals surface area contributed by atoms with Gasteiger partial charge in [-0.1, -0.05) is 53.2 Å². The first-order chi connectivity index (χ1) is 11.2. The summed E-state index contributed by atoms with van der Waals surface area (Å²) >= 11 is 3.44. The third-order valence-corrected chi connectivity index (χ3v) is 4.68. The molecule has 1 aliphatic rings. The molecule has 3 N–H and O–H groups in total. The molecule has 1 fully saturated rings. The lowest BCUT2D eigenvalue weighted by Crippen LogP contribution is -2.39. The van der Waals surface area contributed by atoms with Crippen molar-refractivity contribution in [1.82, 2.24) is 10.9 Å². The molecule has 0 saturated carbocycles. The van der Waals surface area contributed by atoms with Crippen molar-refractivity contribution in [2.45, 2.75) is 31.8 Å². The van der Waals surface area contributed by atoms with E-state index in [2.05, 4.69) is 51.2 Å². The van der Waals surface area contributed by atoms with Crippen LogP contribution in [-0.4, -0.2) is 11.9 Å². The van der Waals surface area contributed by atoms with Gasteiger partial charge in [0.15, 0.2) is 0 Å². The maximum atomic E-state index is 12.5. The number of nitrogens with one attached hydrogen (secondary N) is 3. The number of hydrogen-bond donors (Lipinski definition) is 3. The minimum absolute atomic E-state index is 0.00184. The number of carbonyl (C=O) groups excluding carboxylic acids is 1. The molecule has 2 aromatic carbocycles. The van der Waals surface area contributed by atoms with Crippen LogP contribution in [0.3, 0.4) is 0 Å². The normalized spacial score (nSPS) is 20.4. The topological polar surface area (TPSA) is 53.2 Å². The largest absolute Gasteiger partial charge is 0.324 e.